The number of nitrogens with zero attached hydrogens (tertiary/aromatic N) is 3. The molecule has 1 fully saturated rings. The van der Waals surface area contributed by atoms with Gasteiger partial charge in [0.15, 0.2) is 0 Å². The number of hydrogen-bond acceptors (Lipinski definition) is 7. The number of nitrogens with two attached hydrogens (primary N) is 1. The Hall–Kier alpha value is -2.76. The minimum atomic E-state index is -3.45. The maximum Gasteiger partial charge on any atom is 0.315 e. The van der Waals surface area contributed by atoms with Crippen LogP contribution in [0.3, 0.4) is 0 Å². The zero-order chi connectivity index (χ0) is 20.7. The van der Waals surface area contributed by atoms with E-state index in [1.165, 1.54) is 16.8 Å². The number of benzene rings is 1. The summed E-state index contributed by atoms with van der Waals surface area (Å²) in [6.07, 6.45) is 2.87. The zero-order valence-corrected chi connectivity index (χ0v) is 16.7. The van der Waals surface area contributed by atoms with Crippen molar-refractivity contribution < 1.29 is 17.9 Å². The van der Waals surface area contributed by atoms with Crippen molar-refractivity contribution in [2.45, 2.75) is 18.8 Å². The fourth-order valence-corrected chi connectivity index (χ4v) is 4.46. The van der Waals surface area contributed by atoms with Gasteiger partial charge in [0.2, 0.25) is 10.0 Å². The molecule has 10 nitrogen and oxygen atoms in total. The van der Waals surface area contributed by atoms with Gasteiger partial charge >= 0.3 is 6.03 Å². The molecule has 3 rings (SSSR count). The van der Waals surface area contributed by atoms with Crippen molar-refractivity contribution in [2.24, 2.45) is 0 Å². The van der Waals surface area contributed by atoms with E-state index in [0.29, 0.717) is 43.2 Å². The third-order valence-electron chi connectivity index (χ3n) is 4.52. The molecule has 1 saturated heterocycles. The topological polar surface area (TPSA) is 140 Å². The fourth-order valence-electron chi connectivity index (χ4n) is 2.90. The first-order valence-corrected chi connectivity index (χ1v) is 10.7. The highest BCUT2D eigenvalue weighted by molar-refractivity contribution is 7.88. The maximum atomic E-state index is 12.7. The van der Waals surface area contributed by atoms with E-state index >= 15 is 0 Å². The van der Waals surface area contributed by atoms with Crippen LogP contribution >= 0.6 is 0 Å². The monoisotopic (exact) mass is 420 g/mol. The molecule has 0 bridgehead atoms. The van der Waals surface area contributed by atoms with Crippen molar-refractivity contribution in [3.8, 4) is 0 Å². The average Bonchev–Trinajstić information content (AvgIpc) is 2.73. The lowest BCUT2D eigenvalue weighted by atomic mass is 10.1. The van der Waals surface area contributed by atoms with Crippen molar-refractivity contribution >= 4 is 21.9 Å². The molecule has 2 heterocycles. The number of anilines is 1. The molecule has 0 atom stereocenters. The van der Waals surface area contributed by atoms with Crippen molar-refractivity contribution in [1.82, 2.24) is 24.9 Å². The third-order valence-corrected chi connectivity index (χ3v) is 6.35. The smallest absolute Gasteiger partial charge is 0.315 e. The van der Waals surface area contributed by atoms with Crippen LogP contribution in [0.25, 0.3) is 0 Å². The highest BCUT2D eigenvalue weighted by atomic mass is 32.2. The lowest BCUT2D eigenvalue weighted by Crippen LogP contribution is -2.41. The molecule has 2 amide bonds. The molecule has 1 aliphatic rings. The summed E-state index contributed by atoms with van der Waals surface area (Å²) in [6, 6.07) is 6.75. The average molecular weight is 420 g/mol. The predicted molar refractivity (Wildman–Crippen MR) is 107 cm³/mol. The predicted octanol–water partition coefficient (Wildman–Crippen LogP) is 0.220. The van der Waals surface area contributed by atoms with Crippen LogP contribution in [0.5, 0.6) is 0 Å². The summed E-state index contributed by atoms with van der Waals surface area (Å²) < 4.78 is 32.0. The first kappa shape index (κ1) is 21.0. The molecule has 0 aliphatic carbocycles. The number of carbonyl (C=O) groups excluding carboxylic acids is 1. The van der Waals surface area contributed by atoms with E-state index < -0.39 is 16.1 Å². The molecular weight excluding hydrogens is 396 g/mol. The van der Waals surface area contributed by atoms with Gasteiger partial charge in [-0.2, -0.15) is 4.31 Å². The van der Waals surface area contributed by atoms with E-state index in [4.69, 9.17) is 10.5 Å². The quantitative estimate of drug-likeness (QED) is 0.582. The molecule has 0 radical (unpaired) electrons. The van der Waals surface area contributed by atoms with Crippen LogP contribution < -0.4 is 16.4 Å². The van der Waals surface area contributed by atoms with Crippen LogP contribution in [-0.2, 0) is 33.6 Å². The maximum absolute atomic E-state index is 12.7. The second-order valence-electron chi connectivity index (χ2n) is 6.51. The molecule has 1 aromatic heterocycles. The van der Waals surface area contributed by atoms with Crippen molar-refractivity contribution in [3.05, 3.63) is 53.5 Å². The van der Waals surface area contributed by atoms with Crippen LogP contribution in [0.2, 0.25) is 0 Å². The van der Waals surface area contributed by atoms with Gasteiger partial charge in [0.1, 0.15) is 12.1 Å². The van der Waals surface area contributed by atoms with Gasteiger partial charge in [-0.15, -0.1) is 0 Å². The van der Waals surface area contributed by atoms with Gasteiger partial charge in [0.25, 0.3) is 0 Å². The van der Waals surface area contributed by atoms with Gasteiger partial charge in [0.05, 0.1) is 19.0 Å². The molecular formula is C18H24N6O4S. The minimum Gasteiger partial charge on any atom is -0.383 e. The summed E-state index contributed by atoms with van der Waals surface area (Å²) in [5.74, 6) is 0.184. The van der Waals surface area contributed by atoms with Gasteiger partial charge in [-0.3, -0.25) is 0 Å². The lowest BCUT2D eigenvalue weighted by molar-refractivity contribution is 0.0729. The Morgan fingerprint density at radius 2 is 1.76 bits per heavy atom. The highest BCUT2D eigenvalue weighted by Gasteiger charge is 2.25. The number of nitrogen functional groups attached to an aromatic ring is 1. The molecule has 1 aliphatic heterocycles. The molecule has 29 heavy (non-hydrogen) atoms. The van der Waals surface area contributed by atoms with E-state index in [1.807, 2.05) is 6.07 Å². The van der Waals surface area contributed by atoms with Gasteiger partial charge in [-0.05, 0) is 11.1 Å². The number of hydrogen-bond donors (Lipinski definition) is 3. The van der Waals surface area contributed by atoms with E-state index in [9.17, 15) is 13.2 Å². The standard InChI is InChI=1S/C18H24N6O4S/c19-17-16(9-20-13-23-17)11-22-18(25)21-10-14-3-1-2-4-15(14)12-29(26,27)24-5-7-28-8-6-24/h1-4,9,13H,5-8,10-12H2,(H2,19,20,23)(H2,21,22,25). The molecule has 0 saturated carbocycles. The van der Waals surface area contributed by atoms with E-state index in [1.54, 1.807) is 18.2 Å². The molecule has 4 N–H and O–H groups in total. The van der Waals surface area contributed by atoms with Crippen LogP contribution in [0.4, 0.5) is 10.6 Å². The van der Waals surface area contributed by atoms with E-state index in [2.05, 4.69) is 20.6 Å². The summed E-state index contributed by atoms with van der Waals surface area (Å²) >= 11 is 0. The first-order chi connectivity index (χ1) is 14.0. The molecule has 0 unspecified atom stereocenters. The number of rotatable bonds is 7. The first-order valence-electron chi connectivity index (χ1n) is 9.14. The van der Waals surface area contributed by atoms with Crippen molar-refractivity contribution in [3.63, 3.8) is 0 Å². The summed E-state index contributed by atoms with van der Waals surface area (Å²) in [5, 5.41) is 5.41. The third kappa shape index (κ3) is 5.86. The number of urea groups is 1. The Balaban J connectivity index is 1.57. The van der Waals surface area contributed by atoms with Crippen LogP contribution in [0, 0.1) is 0 Å². The molecule has 0 spiro atoms. The Labute approximate surface area is 169 Å². The Bertz CT molecular complexity index is 947. The Kier molecular flexibility index (Phi) is 6.96. The minimum absolute atomic E-state index is 0.121. The van der Waals surface area contributed by atoms with Crippen molar-refractivity contribution in [2.75, 3.05) is 32.0 Å². The summed E-state index contributed by atoms with van der Waals surface area (Å²) in [7, 11) is -3.45. The summed E-state index contributed by atoms with van der Waals surface area (Å²) in [5.41, 5.74) is 7.72. The second-order valence-corrected chi connectivity index (χ2v) is 8.47. The van der Waals surface area contributed by atoms with E-state index in [0.717, 1.165) is 5.56 Å². The normalized spacial score (nSPS) is 15.0. The molecule has 11 heteroatoms. The molecule has 156 valence electrons. The number of aromatic nitrogens is 2. The number of morpholine rings is 1. The molecule has 2 aromatic rings. The van der Waals surface area contributed by atoms with Gasteiger partial charge < -0.3 is 21.1 Å². The van der Waals surface area contributed by atoms with E-state index in [-0.39, 0.29) is 18.8 Å². The SMILES string of the molecule is Nc1ncncc1CNC(=O)NCc1ccccc1CS(=O)(=O)N1CCOCC1. The summed E-state index contributed by atoms with van der Waals surface area (Å²) in [4.78, 5) is 19.8. The van der Waals surface area contributed by atoms with Gasteiger partial charge in [-0.1, -0.05) is 24.3 Å². The Morgan fingerprint density at radius 1 is 1.10 bits per heavy atom. The van der Waals surface area contributed by atoms with Crippen LogP contribution in [-0.4, -0.2) is 55.0 Å². The van der Waals surface area contributed by atoms with Gasteiger partial charge in [0, 0.05) is 37.9 Å². The number of amides is 2. The lowest BCUT2D eigenvalue weighted by Gasteiger charge is -2.26. The zero-order valence-electron chi connectivity index (χ0n) is 15.9. The summed E-state index contributed by atoms with van der Waals surface area (Å²) in [6.45, 7) is 1.90. The second kappa shape index (κ2) is 9.63. The fraction of sp³-hybridized carbons (Fsp3) is 0.389. The van der Waals surface area contributed by atoms with Gasteiger partial charge in [-0.25, -0.2) is 23.2 Å². The number of nitrogens with one attached hydrogen (secondary N) is 2. The number of sulfonamides is 1. The molecule has 1 aromatic carbocycles. The van der Waals surface area contributed by atoms with Crippen molar-refractivity contribution in [1.29, 1.82) is 0 Å². The Morgan fingerprint density at radius 3 is 2.45 bits per heavy atom. The number of carbonyl (C=O) groups is 1. The van der Waals surface area contributed by atoms with Crippen LogP contribution in [0.15, 0.2) is 36.8 Å². The van der Waals surface area contributed by atoms with Crippen LogP contribution in [0.1, 0.15) is 16.7 Å². The highest BCUT2D eigenvalue weighted by Crippen LogP contribution is 2.16. The largest absolute Gasteiger partial charge is 0.383 e. The number of ether oxygens (including phenoxy) is 1.